The van der Waals surface area contributed by atoms with Gasteiger partial charge in [-0.25, -0.2) is 4.79 Å². The summed E-state index contributed by atoms with van der Waals surface area (Å²) in [4.78, 5) is 11.5. The molecule has 2 rings (SSSR count). The van der Waals surface area contributed by atoms with Crippen molar-refractivity contribution in [3.8, 4) is 0 Å². The molecule has 0 unspecified atom stereocenters. The van der Waals surface area contributed by atoms with Crippen LogP contribution in [0.3, 0.4) is 0 Å². The highest BCUT2D eigenvalue weighted by molar-refractivity contribution is 6.99. The molecule has 0 radical (unpaired) electrons. The van der Waals surface area contributed by atoms with Gasteiger partial charge in [-0.2, -0.15) is 0 Å². The molecule has 0 spiro atoms. The van der Waals surface area contributed by atoms with Crippen molar-refractivity contribution < 1.29 is 19.1 Å². The summed E-state index contributed by atoms with van der Waals surface area (Å²) in [5, 5.41) is 12.3. The lowest BCUT2D eigenvalue weighted by Gasteiger charge is -2.43. The van der Waals surface area contributed by atoms with Gasteiger partial charge in [-0.1, -0.05) is 88.4 Å². The van der Waals surface area contributed by atoms with E-state index in [0.717, 1.165) is 0 Å². The van der Waals surface area contributed by atoms with Gasteiger partial charge in [0.15, 0.2) is 6.10 Å². The molecular weight excluding hydrogens is 368 g/mol. The van der Waals surface area contributed by atoms with Crippen LogP contribution in [-0.2, 0) is 14.0 Å². The molecule has 152 valence electrons. The lowest BCUT2D eigenvalue weighted by molar-refractivity contribution is -0.151. The van der Waals surface area contributed by atoms with Gasteiger partial charge in [-0.05, 0) is 27.8 Å². The number of carbonyl (C=O) groups excluding carboxylic acids is 1. The van der Waals surface area contributed by atoms with E-state index in [9.17, 15) is 9.90 Å². The highest BCUT2D eigenvalue weighted by atomic mass is 28.4. The van der Waals surface area contributed by atoms with Crippen LogP contribution in [0.2, 0.25) is 5.04 Å². The predicted octanol–water partition coefficient (Wildman–Crippen LogP) is 3.12. The van der Waals surface area contributed by atoms with E-state index >= 15 is 0 Å². The fourth-order valence-electron chi connectivity index (χ4n) is 3.71. The van der Waals surface area contributed by atoms with E-state index < -0.39 is 20.4 Å². The van der Waals surface area contributed by atoms with Crippen LogP contribution in [0, 0.1) is 5.92 Å². The highest BCUT2D eigenvalue weighted by Gasteiger charge is 2.50. The summed E-state index contributed by atoms with van der Waals surface area (Å²) < 4.78 is 11.4. The molecule has 0 saturated heterocycles. The molecule has 1 N–H and O–H groups in total. The lowest BCUT2D eigenvalue weighted by Crippen LogP contribution is -2.66. The molecule has 0 aliphatic carbocycles. The smallest absolute Gasteiger partial charge is 0.334 e. The predicted molar refractivity (Wildman–Crippen MR) is 115 cm³/mol. The van der Waals surface area contributed by atoms with Crippen LogP contribution in [-0.4, -0.2) is 39.2 Å². The molecule has 0 aromatic heterocycles. The topological polar surface area (TPSA) is 55.8 Å². The number of hydrogen-bond donors (Lipinski definition) is 1. The third-order valence-electron chi connectivity index (χ3n) is 5.10. The van der Waals surface area contributed by atoms with Crippen molar-refractivity contribution in [2.75, 3.05) is 13.7 Å². The van der Waals surface area contributed by atoms with E-state index in [2.05, 4.69) is 74.0 Å². The minimum atomic E-state index is -2.60. The molecule has 0 amide bonds. The van der Waals surface area contributed by atoms with E-state index in [1.165, 1.54) is 17.5 Å². The second-order valence-electron chi connectivity index (χ2n) is 8.35. The molecule has 0 aliphatic rings. The van der Waals surface area contributed by atoms with Crippen molar-refractivity contribution in [3.05, 3.63) is 60.7 Å². The molecule has 4 nitrogen and oxygen atoms in total. The number of aliphatic hydroxyl groups excluding tert-OH is 1. The van der Waals surface area contributed by atoms with Gasteiger partial charge in [0.25, 0.3) is 8.32 Å². The number of rotatable bonds is 8. The Hall–Kier alpha value is -1.95. The molecule has 2 aromatic carbocycles. The normalized spacial score (nSPS) is 14.4. The van der Waals surface area contributed by atoms with E-state index in [1.54, 1.807) is 0 Å². The van der Waals surface area contributed by atoms with Crippen molar-refractivity contribution in [1.82, 2.24) is 0 Å². The summed E-state index contributed by atoms with van der Waals surface area (Å²) in [7, 11) is -1.31. The summed E-state index contributed by atoms with van der Waals surface area (Å²) in [5.74, 6) is -0.590. The number of hydrogen-bond acceptors (Lipinski definition) is 4. The van der Waals surface area contributed by atoms with Gasteiger partial charge in [0.2, 0.25) is 0 Å². The van der Waals surface area contributed by atoms with Crippen molar-refractivity contribution in [2.24, 2.45) is 5.92 Å². The third kappa shape index (κ3) is 4.90. The van der Waals surface area contributed by atoms with E-state index in [4.69, 9.17) is 4.43 Å². The van der Waals surface area contributed by atoms with Crippen LogP contribution in [0.1, 0.15) is 34.1 Å². The van der Waals surface area contributed by atoms with Crippen molar-refractivity contribution in [1.29, 1.82) is 0 Å². The molecule has 0 saturated carbocycles. The standard InChI is InChI=1S/C23H32O4Si/c1-18(16-21(24)22(25)26-5)17-27-28(23(2,3)4,19-12-8-6-9-13-19)20-14-10-7-11-15-20/h6-15,18,21,24H,16-17H2,1-5H3/t18-,21-/m0/s1. The Kier molecular flexibility index (Phi) is 7.58. The Balaban J connectivity index is 2.38. The molecule has 2 aromatic rings. The number of benzene rings is 2. The Morgan fingerprint density at radius 3 is 1.86 bits per heavy atom. The Morgan fingerprint density at radius 2 is 1.46 bits per heavy atom. The van der Waals surface area contributed by atoms with Gasteiger partial charge >= 0.3 is 5.97 Å². The number of carbonyl (C=O) groups is 1. The summed E-state index contributed by atoms with van der Waals surface area (Å²) in [5.41, 5.74) is 0. The average Bonchev–Trinajstić information content (AvgIpc) is 2.68. The van der Waals surface area contributed by atoms with Gasteiger partial charge in [0, 0.05) is 6.61 Å². The third-order valence-corrected chi connectivity index (χ3v) is 10.1. The largest absolute Gasteiger partial charge is 0.467 e. The maximum Gasteiger partial charge on any atom is 0.334 e. The van der Waals surface area contributed by atoms with E-state index in [1.807, 2.05) is 19.1 Å². The quantitative estimate of drug-likeness (QED) is 0.546. The van der Waals surface area contributed by atoms with E-state index in [-0.39, 0.29) is 11.0 Å². The maximum atomic E-state index is 11.5. The molecule has 0 fully saturated rings. The summed E-state index contributed by atoms with van der Waals surface area (Å²) in [6.07, 6.45) is -0.812. The number of methoxy groups -OCH3 is 1. The van der Waals surface area contributed by atoms with Gasteiger partial charge in [0.1, 0.15) is 0 Å². The second kappa shape index (κ2) is 9.50. The van der Waals surface area contributed by atoms with Crippen molar-refractivity contribution in [2.45, 2.75) is 45.3 Å². The van der Waals surface area contributed by atoms with Crippen LogP contribution in [0.4, 0.5) is 0 Å². The second-order valence-corrected chi connectivity index (χ2v) is 12.7. The first-order valence-electron chi connectivity index (χ1n) is 9.73. The van der Waals surface area contributed by atoms with Crippen molar-refractivity contribution in [3.63, 3.8) is 0 Å². The fourth-order valence-corrected chi connectivity index (χ4v) is 8.40. The van der Waals surface area contributed by atoms with Crippen LogP contribution < -0.4 is 10.4 Å². The molecule has 2 atom stereocenters. The molecule has 5 heteroatoms. The van der Waals surface area contributed by atoms with Gasteiger partial charge in [-0.3, -0.25) is 0 Å². The first-order valence-corrected chi connectivity index (χ1v) is 11.6. The minimum absolute atomic E-state index is 0.00995. The fraction of sp³-hybridized carbons (Fsp3) is 0.435. The maximum absolute atomic E-state index is 11.5. The molecular formula is C23H32O4Si. The number of esters is 1. The molecule has 0 bridgehead atoms. The van der Waals surface area contributed by atoms with Crippen LogP contribution >= 0.6 is 0 Å². The van der Waals surface area contributed by atoms with Gasteiger partial charge < -0.3 is 14.3 Å². The summed E-state index contributed by atoms with van der Waals surface area (Å²) >= 11 is 0. The monoisotopic (exact) mass is 400 g/mol. The zero-order chi connectivity index (χ0) is 20.8. The average molecular weight is 401 g/mol. The van der Waals surface area contributed by atoms with Gasteiger partial charge in [0.05, 0.1) is 7.11 Å². The lowest BCUT2D eigenvalue weighted by atomic mass is 10.1. The molecule has 28 heavy (non-hydrogen) atoms. The number of aliphatic hydroxyl groups is 1. The zero-order valence-electron chi connectivity index (χ0n) is 17.5. The molecule has 0 heterocycles. The van der Waals surface area contributed by atoms with Crippen LogP contribution in [0.15, 0.2) is 60.7 Å². The first-order chi connectivity index (χ1) is 13.2. The first kappa shape index (κ1) is 22.3. The van der Waals surface area contributed by atoms with Crippen molar-refractivity contribution >= 4 is 24.7 Å². The minimum Gasteiger partial charge on any atom is -0.467 e. The summed E-state index contributed by atoms with van der Waals surface area (Å²) in [6, 6.07) is 20.9. The van der Waals surface area contributed by atoms with Crippen LogP contribution in [0.5, 0.6) is 0 Å². The van der Waals surface area contributed by atoms with Crippen LogP contribution in [0.25, 0.3) is 0 Å². The Bertz CT molecular complexity index is 701. The highest BCUT2D eigenvalue weighted by Crippen LogP contribution is 2.37. The Morgan fingerprint density at radius 1 is 1.00 bits per heavy atom. The zero-order valence-corrected chi connectivity index (χ0v) is 18.5. The van der Waals surface area contributed by atoms with Gasteiger partial charge in [-0.15, -0.1) is 0 Å². The SMILES string of the molecule is COC(=O)[C@@H](O)C[C@H](C)CO[Si](c1ccccc1)(c1ccccc1)C(C)(C)C. The van der Waals surface area contributed by atoms with E-state index in [0.29, 0.717) is 13.0 Å². The summed E-state index contributed by atoms with van der Waals surface area (Å²) in [6.45, 7) is 9.14. The number of ether oxygens (including phenoxy) is 1. The Labute approximate surface area is 169 Å². The molecule has 0 aliphatic heterocycles.